The van der Waals surface area contributed by atoms with E-state index in [4.69, 9.17) is 16.3 Å². The fourth-order valence-electron chi connectivity index (χ4n) is 2.94. The van der Waals surface area contributed by atoms with Gasteiger partial charge in [0.15, 0.2) is 0 Å². The number of anilines is 2. The van der Waals surface area contributed by atoms with Crippen LogP contribution in [0.25, 0.3) is 0 Å². The number of ether oxygens (including phenoxy) is 1. The standard InChI is InChI=1S/C23H19ClF3N3O4S/c1-4-21(31)30(3)15-6-5-7-16(11-15)34-22-20(10-14(2)13-28-22)29-35(32,33)17-8-9-19(24)18(12-17)23(25,26)27/h4-13,29H,1H2,2-3H3. The van der Waals surface area contributed by atoms with Crippen molar-refractivity contribution in [2.24, 2.45) is 0 Å². The number of halogens is 4. The molecule has 1 N–H and O–H groups in total. The smallest absolute Gasteiger partial charge is 0.417 e. The lowest BCUT2D eigenvalue weighted by atomic mass is 10.2. The Kier molecular flexibility index (Phi) is 7.41. The van der Waals surface area contributed by atoms with Crippen molar-refractivity contribution < 1.29 is 31.1 Å². The third kappa shape index (κ3) is 6.11. The summed E-state index contributed by atoms with van der Waals surface area (Å²) in [5.74, 6) is -0.279. The maximum absolute atomic E-state index is 13.2. The minimum absolute atomic E-state index is 0.102. The lowest BCUT2D eigenvalue weighted by Crippen LogP contribution is -2.23. The SMILES string of the molecule is C=CC(=O)N(C)c1cccc(Oc2ncc(C)cc2NS(=O)(=O)c2ccc(Cl)c(C(F)(F)F)c2)c1. The first-order valence-corrected chi connectivity index (χ1v) is 11.7. The number of rotatable bonds is 7. The van der Waals surface area contributed by atoms with Crippen LogP contribution in [-0.4, -0.2) is 26.4 Å². The predicted octanol–water partition coefficient (Wildman–Crippen LogP) is 5.80. The first kappa shape index (κ1) is 26.0. The quantitative estimate of drug-likeness (QED) is 0.394. The van der Waals surface area contributed by atoms with E-state index in [1.165, 1.54) is 30.3 Å². The van der Waals surface area contributed by atoms with Crippen LogP contribution in [0.3, 0.4) is 0 Å². The summed E-state index contributed by atoms with van der Waals surface area (Å²) in [4.78, 5) is 16.7. The van der Waals surface area contributed by atoms with Gasteiger partial charge in [0.1, 0.15) is 11.4 Å². The number of carbonyl (C=O) groups excluding carboxylic acids is 1. The Morgan fingerprint density at radius 3 is 2.57 bits per heavy atom. The maximum Gasteiger partial charge on any atom is 0.417 e. The molecular weight excluding hydrogens is 507 g/mol. The molecule has 0 aliphatic heterocycles. The molecule has 0 aliphatic rings. The topological polar surface area (TPSA) is 88.6 Å². The van der Waals surface area contributed by atoms with Crippen LogP contribution >= 0.6 is 11.6 Å². The number of carbonyl (C=O) groups is 1. The molecule has 12 heteroatoms. The minimum Gasteiger partial charge on any atom is -0.437 e. The van der Waals surface area contributed by atoms with Gasteiger partial charge in [0.05, 0.1) is 15.5 Å². The number of aryl methyl sites for hydroxylation is 1. The van der Waals surface area contributed by atoms with Gasteiger partial charge in [-0.1, -0.05) is 24.2 Å². The van der Waals surface area contributed by atoms with E-state index in [0.717, 1.165) is 18.2 Å². The van der Waals surface area contributed by atoms with Gasteiger partial charge in [-0.3, -0.25) is 9.52 Å². The molecule has 35 heavy (non-hydrogen) atoms. The van der Waals surface area contributed by atoms with E-state index in [1.807, 2.05) is 0 Å². The Balaban J connectivity index is 1.96. The normalized spacial score (nSPS) is 11.6. The molecule has 0 bridgehead atoms. The van der Waals surface area contributed by atoms with Crippen LogP contribution in [-0.2, 0) is 21.0 Å². The molecule has 2 aromatic carbocycles. The third-order valence-corrected chi connectivity index (χ3v) is 6.40. The van der Waals surface area contributed by atoms with Gasteiger partial charge < -0.3 is 9.64 Å². The monoisotopic (exact) mass is 525 g/mol. The van der Waals surface area contributed by atoms with Gasteiger partial charge in [-0.05, 0) is 55.0 Å². The molecule has 1 heterocycles. The van der Waals surface area contributed by atoms with Crippen molar-refractivity contribution in [2.45, 2.75) is 18.0 Å². The number of nitrogens with one attached hydrogen (secondary N) is 1. The van der Waals surface area contributed by atoms with E-state index in [1.54, 1.807) is 25.1 Å². The number of pyridine rings is 1. The van der Waals surface area contributed by atoms with Crippen molar-refractivity contribution in [1.29, 1.82) is 0 Å². The Hall–Kier alpha value is -3.57. The molecule has 0 spiro atoms. The molecule has 0 radical (unpaired) electrons. The van der Waals surface area contributed by atoms with E-state index in [9.17, 15) is 26.4 Å². The highest BCUT2D eigenvalue weighted by atomic mass is 35.5. The summed E-state index contributed by atoms with van der Waals surface area (Å²) in [6.07, 6.45) is -2.27. The largest absolute Gasteiger partial charge is 0.437 e. The second kappa shape index (κ2) is 9.96. The Bertz CT molecular complexity index is 1390. The van der Waals surface area contributed by atoms with Gasteiger partial charge in [0, 0.05) is 25.0 Å². The molecule has 7 nitrogen and oxygen atoms in total. The van der Waals surface area contributed by atoms with Crippen LogP contribution < -0.4 is 14.4 Å². The molecule has 1 aromatic heterocycles. The van der Waals surface area contributed by atoms with Crippen LogP contribution in [0.4, 0.5) is 24.5 Å². The zero-order valence-electron chi connectivity index (χ0n) is 18.4. The number of hydrogen-bond acceptors (Lipinski definition) is 5. The lowest BCUT2D eigenvalue weighted by molar-refractivity contribution is -0.137. The van der Waals surface area contributed by atoms with E-state index in [-0.39, 0.29) is 23.2 Å². The molecule has 1 amide bonds. The summed E-state index contributed by atoms with van der Waals surface area (Å²) in [7, 11) is -2.94. The van der Waals surface area contributed by atoms with E-state index >= 15 is 0 Å². The molecule has 0 atom stereocenters. The highest BCUT2D eigenvalue weighted by Gasteiger charge is 2.34. The van der Waals surface area contributed by atoms with Gasteiger partial charge in [-0.15, -0.1) is 0 Å². The third-order valence-electron chi connectivity index (χ3n) is 4.71. The summed E-state index contributed by atoms with van der Waals surface area (Å²) in [5.41, 5.74) is -0.347. The van der Waals surface area contributed by atoms with Crippen molar-refractivity contribution in [3.05, 3.63) is 83.5 Å². The van der Waals surface area contributed by atoms with Crippen LogP contribution in [0.2, 0.25) is 5.02 Å². The number of benzene rings is 2. The second-order valence-corrected chi connectivity index (χ2v) is 9.40. The molecule has 0 fully saturated rings. The van der Waals surface area contributed by atoms with E-state index in [2.05, 4.69) is 16.3 Å². The number of hydrogen-bond donors (Lipinski definition) is 1. The Labute approximate surface area is 204 Å². The average molecular weight is 526 g/mol. The van der Waals surface area contributed by atoms with E-state index < -0.39 is 31.7 Å². The molecule has 0 saturated heterocycles. The average Bonchev–Trinajstić information content (AvgIpc) is 2.79. The van der Waals surface area contributed by atoms with Gasteiger partial charge in [-0.25, -0.2) is 13.4 Å². The van der Waals surface area contributed by atoms with Gasteiger partial charge in [-0.2, -0.15) is 13.2 Å². The predicted molar refractivity (Wildman–Crippen MR) is 126 cm³/mol. The molecule has 184 valence electrons. The number of sulfonamides is 1. The van der Waals surface area contributed by atoms with Gasteiger partial charge >= 0.3 is 6.18 Å². The van der Waals surface area contributed by atoms with Crippen LogP contribution in [0.5, 0.6) is 11.6 Å². The van der Waals surface area contributed by atoms with Crippen molar-refractivity contribution in [2.75, 3.05) is 16.7 Å². The van der Waals surface area contributed by atoms with Crippen LogP contribution in [0.1, 0.15) is 11.1 Å². The number of aromatic nitrogens is 1. The Morgan fingerprint density at radius 2 is 1.91 bits per heavy atom. The van der Waals surface area contributed by atoms with Crippen LogP contribution in [0.15, 0.2) is 72.3 Å². The molecule has 0 saturated carbocycles. The summed E-state index contributed by atoms with van der Waals surface area (Å²) >= 11 is 5.60. The molecule has 3 aromatic rings. The highest BCUT2D eigenvalue weighted by molar-refractivity contribution is 7.92. The number of likely N-dealkylation sites (N-methyl/N-ethyl adjacent to an activating group) is 1. The maximum atomic E-state index is 13.2. The Morgan fingerprint density at radius 1 is 1.20 bits per heavy atom. The minimum atomic E-state index is -4.84. The number of amides is 1. The lowest BCUT2D eigenvalue weighted by Gasteiger charge is -2.17. The molecular formula is C23H19ClF3N3O4S. The summed E-state index contributed by atoms with van der Waals surface area (Å²) in [5, 5.41) is -0.627. The molecule has 0 unspecified atom stereocenters. The summed E-state index contributed by atoms with van der Waals surface area (Å²) < 4.78 is 73.4. The number of alkyl halides is 3. The first-order valence-electron chi connectivity index (χ1n) is 9.86. The van der Waals surface area contributed by atoms with Crippen LogP contribution in [0, 0.1) is 6.92 Å². The zero-order chi connectivity index (χ0) is 26.0. The summed E-state index contributed by atoms with van der Waals surface area (Å²) in [6, 6.07) is 10.0. The number of nitrogens with zero attached hydrogens (tertiary/aromatic N) is 2. The molecule has 3 rings (SSSR count). The fraction of sp³-hybridized carbons (Fsp3) is 0.130. The second-order valence-electron chi connectivity index (χ2n) is 7.31. The zero-order valence-corrected chi connectivity index (χ0v) is 20.0. The summed E-state index contributed by atoms with van der Waals surface area (Å²) in [6.45, 7) is 5.08. The van der Waals surface area contributed by atoms with E-state index in [0.29, 0.717) is 17.3 Å². The van der Waals surface area contributed by atoms with Crippen molar-refractivity contribution in [3.8, 4) is 11.6 Å². The molecule has 0 aliphatic carbocycles. The van der Waals surface area contributed by atoms with Gasteiger partial charge in [0.25, 0.3) is 10.0 Å². The van der Waals surface area contributed by atoms with Crippen molar-refractivity contribution >= 4 is 38.9 Å². The van der Waals surface area contributed by atoms with Gasteiger partial charge in [0.2, 0.25) is 11.8 Å². The first-order chi connectivity index (χ1) is 16.3. The fourth-order valence-corrected chi connectivity index (χ4v) is 4.23. The highest BCUT2D eigenvalue weighted by Crippen LogP contribution is 2.37. The van der Waals surface area contributed by atoms with Crippen molar-refractivity contribution in [3.63, 3.8) is 0 Å². The van der Waals surface area contributed by atoms with Crippen molar-refractivity contribution in [1.82, 2.24) is 4.98 Å².